The summed E-state index contributed by atoms with van der Waals surface area (Å²) in [6.07, 6.45) is 4.70. The number of fused-ring (bicyclic) bond motifs is 1. The Morgan fingerprint density at radius 1 is 1.30 bits per heavy atom. The largest absolute Gasteiger partial charge is 0.497 e. The van der Waals surface area contributed by atoms with E-state index in [0.29, 0.717) is 6.61 Å². The molecule has 0 amide bonds. The van der Waals surface area contributed by atoms with Gasteiger partial charge in [-0.25, -0.2) is 4.79 Å². The molecule has 4 heteroatoms. The maximum Gasteiger partial charge on any atom is 0.331 e. The van der Waals surface area contributed by atoms with E-state index in [2.05, 4.69) is 26.0 Å². The van der Waals surface area contributed by atoms with E-state index in [9.17, 15) is 4.79 Å². The maximum atomic E-state index is 11.9. The summed E-state index contributed by atoms with van der Waals surface area (Å²) < 4.78 is 11.6. The lowest BCUT2D eigenvalue weighted by atomic mass is 10.0. The fourth-order valence-electron chi connectivity index (χ4n) is 2.58. The van der Waals surface area contributed by atoms with E-state index in [1.807, 2.05) is 13.0 Å². The lowest BCUT2D eigenvalue weighted by Crippen LogP contribution is -2.01. The number of esters is 1. The van der Waals surface area contributed by atoms with Crippen LogP contribution >= 0.6 is 11.3 Å². The number of methoxy groups -OCH3 is 1. The second-order valence-electron chi connectivity index (χ2n) is 5.44. The molecular formula is C19H24O3S. The molecule has 0 aliphatic carbocycles. The monoisotopic (exact) mass is 332 g/mol. The van der Waals surface area contributed by atoms with Crippen molar-refractivity contribution in [2.24, 2.45) is 0 Å². The molecular weight excluding hydrogens is 308 g/mol. The molecule has 0 aliphatic heterocycles. The highest BCUT2D eigenvalue weighted by Crippen LogP contribution is 2.38. The van der Waals surface area contributed by atoms with Crippen LogP contribution in [0.4, 0.5) is 0 Å². The molecule has 23 heavy (non-hydrogen) atoms. The van der Waals surface area contributed by atoms with E-state index in [1.54, 1.807) is 24.5 Å². The Morgan fingerprint density at radius 3 is 2.74 bits per heavy atom. The zero-order valence-electron chi connectivity index (χ0n) is 14.3. The van der Waals surface area contributed by atoms with Crippen molar-refractivity contribution in [3.05, 3.63) is 34.7 Å². The van der Waals surface area contributed by atoms with Crippen molar-refractivity contribution in [3.63, 3.8) is 0 Å². The highest BCUT2D eigenvalue weighted by molar-refractivity contribution is 7.20. The van der Waals surface area contributed by atoms with Crippen LogP contribution in [0.25, 0.3) is 15.7 Å². The normalized spacial score (nSPS) is 11.7. The summed E-state index contributed by atoms with van der Waals surface area (Å²) in [6, 6.07) is 6.12. The second kappa shape index (κ2) is 8.16. The van der Waals surface area contributed by atoms with Gasteiger partial charge < -0.3 is 9.47 Å². The van der Waals surface area contributed by atoms with Gasteiger partial charge in [-0.05, 0) is 61.4 Å². The molecule has 0 atom stereocenters. The van der Waals surface area contributed by atoms with Crippen LogP contribution in [0.1, 0.15) is 43.6 Å². The SMILES string of the molecule is CCCC/C(=C\C(=O)OCC)c1sc2cc(OC)ccc2c1C. The minimum atomic E-state index is -0.256. The predicted octanol–water partition coefficient (Wildman–Crippen LogP) is 5.36. The first-order chi connectivity index (χ1) is 11.1. The summed E-state index contributed by atoms with van der Waals surface area (Å²) in [6.45, 7) is 6.50. The Labute approximate surface area is 141 Å². The first kappa shape index (κ1) is 17.5. The number of ether oxygens (including phenoxy) is 2. The molecule has 124 valence electrons. The van der Waals surface area contributed by atoms with Crippen molar-refractivity contribution >= 4 is 33.0 Å². The number of unbranched alkanes of at least 4 members (excludes halogenated alkanes) is 1. The number of allylic oxidation sites excluding steroid dienone is 1. The summed E-state index contributed by atoms with van der Waals surface area (Å²) in [5, 5.41) is 1.22. The molecule has 1 heterocycles. The Hall–Kier alpha value is -1.81. The van der Waals surface area contributed by atoms with E-state index in [1.165, 1.54) is 20.5 Å². The van der Waals surface area contributed by atoms with Gasteiger partial charge in [0.15, 0.2) is 0 Å². The van der Waals surface area contributed by atoms with E-state index >= 15 is 0 Å². The third kappa shape index (κ3) is 4.14. The molecule has 0 bridgehead atoms. The van der Waals surface area contributed by atoms with Gasteiger partial charge in [0.1, 0.15) is 5.75 Å². The number of carbonyl (C=O) groups is 1. The number of carbonyl (C=O) groups excluding carboxylic acids is 1. The first-order valence-corrected chi connectivity index (χ1v) is 8.87. The van der Waals surface area contributed by atoms with E-state index in [4.69, 9.17) is 9.47 Å². The summed E-state index contributed by atoms with van der Waals surface area (Å²) in [5.74, 6) is 0.600. The molecule has 2 rings (SSSR count). The van der Waals surface area contributed by atoms with Crippen molar-refractivity contribution in [1.29, 1.82) is 0 Å². The van der Waals surface area contributed by atoms with Gasteiger partial charge in [-0.2, -0.15) is 0 Å². The van der Waals surface area contributed by atoms with Crippen LogP contribution in [-0.4, -0.2) is 19.7 Å². The van der Waals surface area contributed by atoms with Gasteiger partial charge in [-0.15, -0.1) is 11.3 Å². The molecule has 1 aromatic heterocycles. The van der Waals surface area contributed by atoms with E-state index in [-0.39, 0.29) is 5.97 Å². The summed E-state index contributed by atoms with van der Waals surface area (Å²) >= 11 is 1.72. The van der Waals surface area contributed by atoms with Crippen molar-refractivity contribution in [2.45, 2.75) is 40.0 Å². The maximum absolute atomic E-state index is 11.9. The number of benzene rings is 1. The van der Waals surface area contributed by atoms with E-state index in [0.717, 1.165) is 30.6 Å². The molecule has 0 N–H and O–H groups in total. The molecule has 1 aromatic carbocycles. The van der Waals surface area contributed by atoms with Crippen molar-refractivity contribution in [1.82, 2.24) is 0 Å². The Bertz CT molecular complexity index is 713. The molecule has 0 saturated heterocycles. The quantitative estimate of drug-likeness (QED) is 0.506. The molecule has 3 nitrogen and oxygen atoms in total. The van der Waals surface area contributed by atoms with Crippen molar-refractivity contribution in [3.8, 4) is 5.75 Å². The average molecular weight is 332 g/mol. The van der Waals surface area contributed by atoms with Crippen molar-refractivity contribution < 1.29 is 14.3 Å². The molecule has 0 aliphatic rings. The van der Waals surface area contributed by atoms with Gasteiger partial charge in [-0.3, -0.25) is 0 Å². The average Bonchev–Trinajstić information content (AvgIpc) is 2.88. The Balaban J connectivity index is 2.46. The second-order valence-corrected chi connectivity index (χ2v) is 6.50. The van der Waals surface area contributed by atoms with Gasteiger partial charge in [-0.1, -0.05) is 13.3 Å². The van der Waals surface area contributed by atoms with Crippen LogP contribution < -0.4 is 4.74 Å². The Morgan fingerprint density at radius 2 is 2.09 bits per heavy atom. The van der Waals surface area contributed by atoms with Crippen LogP contribution in [0.2, 0.25) is 0 Å². The van der Waals surface area contributed by atoms with Crippen LogP contribution in [-0.2, 0) is 9.53 Å². The zero-order chi connectivity index (χ0) is 16.8. The third-order valence-electron chi connectivity index (χ3n) is 3.82. The number of hydrogen-bond acceptors (Lipinski definition) is 4. The number of rotatable bonds is 7. The topological polar surface area (TPSA) is 35.5 Å². The van der Waals surface area contributed by atoms with Gasteiger partial charge in [0, 0.05) is 15.7 Å². The number of hydrogen-bond donors (Lipinski definition) is 0. The summed E-state index contributed by atoms with van der Waals surface area (Å²) in [4.78, 5) is 13.1. The smallest absolute Gasteiger partial charge is 0.331 e. The summed E-state index contributed by atoms with van der Waals surface area (Å²) in [5.41, 5.74) is 2.29. The minimum Gasteiger partial charge on any atom is -0.497 e. The van der Waals surface area contributed by atoms with Gasteiger partial charge >= 0.3 is 5.97 Å². The third-order valence-corrected chi connectivity index (χ3v) is 5.15. The van der Waals surface area contributed by atoms with Crippen molar-refractivity contribution in [2.75, 3.05) is 13.7 Å². The first-order valence-electron chi connectivity index (χ1n) is 8.05. The van der Waals surface area contributed by atoms with Gasteiger partial charge in [0.2, 0.25) is 0 Å². The zero-order valence-corrected chi connectivity index (χ0v) is 15.1. The molecule has 0 unspecified atom stereocenters. The molecule has 0 spiro atoms. The molecule has 2 aromatic rings. The van der Waals surface area contributed by atoms with Gasteiger partial charge in [0.05, 0.1) is 13.7 Å². The standard InChI is InChI=1S/C19H24O3S/c1-5-7-8-14(11-18(20)22-6-2)19-13(3)16-10-9-15(21-4)12-17(16)23-19/h9-12H,5-8H2,1-4H3/b14-11+. The lowest BCUT2D eigenvalue weighted by molar-refractivity contribution is -0.137. The molecule has 0 saturated carbocycles. The van der Waals surface area contributed by atoms with Crippen LogP contribution in [0.3, 0.4) is 0 Å². The highest BCUT2D eigenvalue weighted by Gasteiger charge is 2.14. The van der Waals surface area contributed by atoms with Crippen LogP contribution in [0.5, 0.6) is 5.75 Å². The van der Waals surface area contributed by atoms with Crippen LogP contribution in [0.15, 0.2) is 24.3 Å². The highest BCUT2D eigenvalue weighted by atomic mass is 32.1. The summed E-state index contributed by atoms with van der Waals surface area (Å²) in [7, 11) is 1.68. The fourth-order valence-corrected chi connectivity index (χ4v) is 3.86. The Kier molecular flexibility index (Phi) is 6.22. The minimum absolute atomic E-state index is 0.256. The fraction of sp³-hybridized carbons (Fsp3) is 0.421. The van der Waals surface area contributed by atoms with Crippen LogP contribution in [0, 0.1) is 6.92 Å². The molecule has 0 fully saturated rings. The van der Waals surface area contributed by atoms with E-state index < -0.39 is 0 Å². The number of thiophene rings is 1. The predicted molar refractivity (Wildman–Crippen MR) is 97.2 cm³/mol. The van der Waals surface area contributed by atoms with Gasteiger partial charge in [0.25, 0.3) is 0 Å². The number of aryl methyl sites for hydroxylation is 1. The lowest BCUT2D eigenvalue weighted by Gasteiger charge is -2.06. The molecule has 0 radical (unpaired) electrons.